The Labute approximate surface area is 157 Å². The summed E-state index contributed by atoms with van der Waals surface area (Å²) in [4.78, 5) is 25.2. The van der Waals surface area contributed by atoms with E-state index in [2.05, 4.69) is 14.9 Å². The first-order valence-corrected chi connectivity index (χ1v) is 9.29. The summed E-state index contributed by atoms with van der Waals surface area (Å²) in [6.45, 7) is 2.35. The molecule has 2 aliphatic heterocycles. The van der Waals surface area contributed by atoms with Crippen molar-refractivity contribution in [2.24, 2.45) is 5.73 Å². The number of aromatic amines is 1. The molecule has 2 aliphatic rings. The molecule has 0 unspecified atom stereocenters. The number of aromatic nitrogens is 2. The van der Waals surface area contributed by atoms with Crippen LogP contribution in [0.5, 0.6) is 0 Å². The average Bonchev–Trinajstić information content (AvgIpc) is 3.10. The maximum Gasteiger partial charge on any atom is 0.261 e. The van der Waals surface area contributed by atoms with Gasteiger partial charge in [-0.3, -0.25) is 4.79 Å². The smallest absolute Gasteiger partial charge is 0.261 e. The molecule has 2 aromatic rings. The van der Waals surface area contributed by atoms with Gasteiger partial charge in [-0.05, 0) is 25.0 Å². The molecule has 0 radical (unpaired) electrons. The zero-order valence-electron chi connectivity index (χ0n) is 13.9. The van der Waals surface area contributed by atoms with Crippen LogP contribution in [-0.4, -0.2) is 52.2 Å². The molecule has 0 aliphatic carbocycles. The van der Waals surface area contributed by atoms with E-state index in [1.165, 1.54) is 0 Å². The number of piperidine rings is 1. The number of nitrogens with one attached hydrogen (secondary N) is 1. The van der Waals surface area contributed by atoms with E-state index < -0.39 is 0 Å². The normalized spacial score (nSPS) is 21.0. The molecule has 1 atom stereocenters. The second-order valence-electron chi connectivity index (χ2n) is 6.26. The topological polar surface area (TPSA) is 78.2 Å². The zero-order valence-corrected chi connectivity index (χ0v) is 15.5. The fourth-order valence-corrected chi connectivity index (χ4v) is 4.31. The maximum absolute atomic E-state index is 12.8. The van der Waals surface area contributed by atoms with E-state index in [-0.39, 0.29) is 24.4 Å². The van der Waals surface area contributed by atoms with Crippen molar-refractivity contribution in [2.75, 3.05) is 30.3 Å². The predicted octanol–water partition coefficient (Wildman–Crippen LogP) is 2.33. The molecule has 6 nitrogen and oxygen atoms in total. The third kappa shape index (κ3) is 3.63. The van der Waals surface area contributed by atoms with Crippen molar-refractivity contribution in [3.05, 3.63) is 35.6 Å². The standard InChI is InChI=1S/C17H21N5OS.ClH/c18-12-2-1-7-22(10-12)17(23)15-11-21(8-9-24-15)14-4-6-20-16-13(14)3-5-19-16;/h3-6,11-12H,1-2,7-10,18H2,(H,19,20);1H/t12-;/m1./s1. The fraction of sp³-hybridized carbons (Fsp3) is 0.412. The lowest BCUT2D eigenvalue weighted by atomic mass is 10.1. The van der Waals surface area contributed by atoms with E-state index in [1.807, 2.05) is 29.4 Å². The number of carbonyl (C=O) groups is 1. The highest BCUT2D eigenvalue weighted by molar-refractivity contribution is 8.04. The zero-order chi connectivity index (χ0) is 16.5. The third-order valence-electron chi connectivity index (χ3n) is 4.57. The Bertz CT molecular complexity index is 792. The number of nitrogens with two attached hydrogens (primary N) is 1. The number of fused-ring (bicyclic) bond motifs is 1. The molecule has 4 heterocycles. The Morgan fingerprint density at radius 1 is 1.36 bits per heavy atom. The third-order valence-corrected chi connectivity index (χ3v) is 5.54. The van der Waals surface area contributed by atoms with Gasteiger partial charge in [0.1, 0.15) is 5.65 Å². The Morgan fingerprint density at radius 3 is 3.08 bits per heavy atom. The predicted molar refractivity (Wildman–Crippen MR) is 105 cm³/mol. The van der Waals surface area contributed by atoms with Gasteiger partial charge in [0, 0.05) is 55.4 Å². The molecular formula is C17H22ClN5OS. The maximum atomic E-state index is 12.8. The highest BCUT2D eigenvalue weighted by Gasteiger charge is 2.26. The van der Waals surface area contributed by atoms with Crippen LogP contribution in [0.15, 0.2) is 35.6 Å². The van der Waals surface area contributed by atoms with Crippen molar-refractivity contribution < 1.29 is 4.79 Å². The van der Waals surface area contributed by atoms with Crippen LogP contribution < -0.4 is 10.6 Å². The van der Waals surface area contributed by atoms with Gasteiger partial charge in [0.2, 0.25) is 0 Å². The molecule has 0 spiro atoms. The minimum absolute atomic E-state index is 0. The summed E-state index contributed by atoms with van der Waals surface area (Å²) >= 11 is 1.64. The van der Waals surface area contributed by atoms with E-state index in [9.17, 15) is 4.79 Å². The minimum Gasteiger partial charge on any atom is -0.346 e. The van der Waals surface area contributed by atoms with Crippen LogP contribution in [0.25, 0.3) is 11.0 Å². The Balaban J connectivity index is 0.00000182. The number of likely N-dealkylation sites (tertiary alicyclic amines) is 1. The summed E-state index contributed by atoms with van der Waals surface area (Å²) in [5.74, 6) is 1.00. The van der Waals surface area contributed by atoms with Crippen molar-refractivity contribution in [2.45, 2.75) is 18.9 Å². The molecule has 1 amide bonds. The monoisotopic (exact) mass is 379 g/mol. The van der Waals surface area contributed by atoms with Crippen LogP contribution in [0.3, 0.4) is 0 Å². The van der Waals surface area contributed by atoms with Crippen molar-refractivity contribution in [3.8, 4) is 0 Å². The molecule has 0 saturated carbocycles. The summed E-state index contributed by atoms with van der Waals surface area (Å²) in [5.41, 5.74) is 7.98. The number of amides is 1. The highest BCUT2D eigenvalue weighted by Crippen LogP contribution is 2.31. The lowest BCUT2D eigenvalue weighted by Crippen LogP contribution is -2.46. The van der Waals surface area contributed by atoms with E-state index in [0.717, 1.165) is 53.3 Å². The fourth-order valence-electron chi connectivity index (χ4n) is 3.35. The van der Waals surface area contributed by atoms with Gasteiger partial charge in [-0.2, -0.15) is 0 Å². The average molecular weight is 380 g/mol. The molecule has 1 saturated heterocycles. The lowest BCUT2D eigenvalue weighted by molar-refractivity contribution is -0.127. The molecule has 0 bridgehead atoms. The second-order valence-corrected chi connectivity index (χ2v) is 7.40. The first-order chi connectivity index (χ1) is 11.7. The van der Waals surface area contributed by atoms with Crippen molar-refractivity contribution in [3.63, 3.8) is 0 Å². The van der Waals surface area contributed by atoms with Crippen LogP contribution in [0.1, 0.15) is 12.8 Å². The van der Waals surface area contributed by atoms with Crippen LogP contribution in [0.4, 0.5) is 5.69 Å². The quantitative estimate of drug-likeness (QED) is 0.837. The Morgan fingerprint density at radius 2 is 2.24 bits per heavy atom. The lowest BCUT2D eigenvalue weighted by Gasteiger charge is -2.33. The van der Waals surface area contributed by atoms with Gasteiger partial charge in [0.15, 0.2) is 0 Å². The molecule has 25 heavy (non-hydrogen) atoms. The van der Waals surface area contributed by atoms with Crippen LogP contribution in [0.2, 0.25) is 0 Å². The van der Waals surface area contributed by atoms with Gasteiger partial charge in [0.25, 0.3) is 5.91 Å². The molecule has 2 aromatic heterocycles. The van der Waals surface area contributed by atoms with E-state index in [4.69, 9.17) is 5.73 Å². The van der Waals surface area contributed by atoms with Gasteiger partial charge in [-0.25, -0.2) is 4.98 Å². The van der Waals surface area contributed by atoms with Gasteiger partial charge in [-0.1, -0.05) is 0 Å². The minimum atomic E-state index is 0. The van der Waals surface area contributed by atoms with Crippen LogP contribution in [-0.2, 0) is 4.79 Å². The van der Waals surface area contributed by atoms with Gasteiger partial charge in [-0.15, -0.1) is 24.2 Å². The van der Waals surface area contributed by atoms with Crippen molar-refractivity contribution in [1.82, 2.24) is 14.9 Å². The van der Waals surface area contributed by atoms with Crippen molar-refractivity contribution >= 4 is 46.8 Å². The number of rotatable bonds is 2. The van der Waals surface area contributed by atoms with E-state index in [1.54, 1.807) is 18.0 Å². The number of hydrogen-bond donors (Lipinski definition) is 2. The number of thioether (sulfide) groups is 1. The first-order valence-electron chi connectivity index (χ1n) is 8.30. The molecule has 4 rings (SSSR count). The largest absolute Gasteiger partial charge is 0.346 e. The molecule has 134 valence electrons. The van der Waals surface area contributed by atoms with Gasteiger partial charge >= 0.3 is 0 Å². The number of H-pyrrole nitrogens is 1. The summed E-state index contributed by atoms with van der Waals surface area (Å²) in [7, 11) is 0. The number of hydrogen-bond acceptors (Lipinski definition) is 5. The van der Waals surface area contributed by atoms with Gasteiger partial charge in [0.05, 0.1) is 10.6 Å². The second kappa shape index (κ2) is 7.68. The number of carbonyl (C=O) groups excluding carboxylic acids is 1. The molecule has 0 aromatic carbocycles. The molecule has 8 heteroatoms. The molecular weight excluding hydrogens is 358 g/mol. The summed E-state index contributed by atoms with van der Waals surface area (Å²) in [5, 5.41) is 1.08. The number of pyridine rings is 1. The molecule has 1 fully saturated rings. The van der Waals surface area contributed by atoms with E-state index in [0.29, 0.717) is 6.54 Å². The Hall–Kier alpha value is -1.70. The molecule has 3 N–H and O–H groups in total. The van der Waals surface area contributed by atoms with E-state index >= 15 is 0 Å². The number of nitrogens with zero attached hydrogens (tertiary/aromatic N) is 3. The van der Waals surface area contributed by atoms with Crippen LogP contribution in [0, 0.1) is 0 Å². The first kappa shape index (κ1) is 18.1. The van der Waals surface area contributed by atoms with Gasteiger partial charge < -0.3 is 20.5 Å². The highest BCUT2D eigenvalue weighted by atomic mass is 35.5. The Kier molecular flexibility index (Phi) is 5.56. The summed E-state index contributed by atoms with van der Waals surface area (Å²) in [6, 6.07) is 4.13. The number of halogens is 1. The summed E-state index contributed by atoms with van der Waals surface area (Å²) in [6.07, 6.45) is 7.67. The number of anilines is 1. The van der Waals surface area contributed by atoms with Crippen LogP contribution >= 0.6 is 24.2 Å². The SMILES string of the molecule is Cl.N[C@@H]1CCCN(C(=O)C2=CN(c3ccnc4[nH]ccc34)CCS2)C1. The summed E-state index contributed by atoms with van der Waals surface area (Å²) < 4.78 is 0. The van der Waals surface area contributed by atoms with Crippen molar-refractivity contribution in [1.29, 1.82) is 0 Å².